The summed E-state index contributed by atoms with van der Waals surface area (Å²) in [5, 5.41) is 12.1. The van der Waals surface area contributed by atoms with Crippen molar-refractivity contribution in [3.05, 3.63) is 0 Å². The highest BCUT2D eigenvalue weighted by Crippen LogP contribution is 2.88. The van der Waals surface area contributed by atoms with Gasteiger partial charge >= 0.3 is 0 Å². The summed E-state index contributed by atoms with van der Waals surface area (Å²) >= 11 is 0. The van der Waals surface area contributed by atoms with Gasteiger partial charge in [-0.05, 0) is 62.2 Å². The fourth-order valence-corrected chi connectivity index (χ4v) is 9.73. The van der Waals surface area contributed by atoms with Gasteiger partial charge in [-0.2, -0.15) is 0 Å². The average molecular weight is 389 g/mol. The highest BCUT2D eigenvalue weighted by atomic mass is 16.7. The average Bonchev–Trinajstić information content (AvgIpc) is 3.09. The molecule has 0 radical (unpaired) electrons. The number of rotatable bonds is 0. The molecule has 0 amide bonds. The van der Waals surface area contributed by atoms with E-state index >= 15 is 0 Å². The van der Waals surface area contributed by atoms with Crippen LogP contribution in [-0.2, 0) is 14.2 Å². The van der Waals surface area contributed by atoms with Crippen molar-refractivity contribution in [2.45, 2.75) is 102 Å². The maximum atomic E-state index is 12.1. The van der Waals surface area contributed by atoms with Crippen molar-refractivity contribution in [2.75, 3.05) is 13.2 Å². The second kappa shape index (κ2) is 4.69. The van der Waals surface area contributed by atoms with Crippen molar-refractivity contribution >= 4 is 0 Å². The Hall–Kier alpha value is -0.160. The van der Waals surface area contributed by atoms with Crippen molar-refractivity contribution < 1.29 is 19.3 Å². The predicted molar refractivity (Wildman–Crippen MR) is 104 cm³/mol. The number of fused-ring (bicyclic) bond motifs is 2. The van der Waals surface area contributed by atoms with Crippen LogP contribution in [0.2, 0.25) is 0 Å². The molecule has 0 aromatic heterocycles. The van der Waals surface area contributed by atoms with Gasteiger partial charge in [0.1, 0.15) is 0 Å². The van der Waals surface area contributed by atoms with E-state index in [2.05, 4.69) is 20.8 Å². The van der Waals surface area contributed by atoms with Crippen molar-refractivity contribution in [3.63, 3.8) is 0 Å². The van der Waals surface area contributed by atoms with E-state index in [1.807, 2.05) is 0 Å². The monoisotopic (exact) mass is 388 g/mol. The van der Waals surface area contributed by atoms with Crippen LogP contribution in [0.5, 0.6) is 0 Å². The molecule has 7 rings (SSSR count). The van der Waals surface area contributed by atoms with Crippen LogP contribution in [0.3, 0.4) is 0 Å². The normalized spacial score (nSPS) is 62.1. The quantitative estimate of drug-likeness (QED) is 0.680. The zero-order valence-electron chi connectivity index (χ0n) is 17.8. The van der Waals surface area contributed by atoms with Crippen molar-refractivity contribution in [1.82, 2.24) is 0 Å². The molecule has 28 heavy (non-hydrogen) atoms. The number of aliphatic hydroxyl groups is 1. The lowest BCUT2D eigenvalue weighted by molar-refractivity contribution is -0.344. The molecular weight excluding hydrogens is 352 g/mol. The van der Waals surface area contributed by atoms with Crippen LogP contribution in [0, 0.1) is 33.5 Å². The number of hydrogen-bond acceptors (Lipinski definition) is 4. The summed E-state index contributed by atoms with van der Waals surface area (Å²) in [5.74, 6) is 1.04. The lowest BCUT2D eigenvalue weighted by Crippen LogP contribution is -2.63. The molecule has 156 valence electrons. The van der Waals surface area contributed by atoms with Gasteiger partial charge in [0.05, 0.1) is 31.0 Å². The first-order chi connectivity index (χ1) is 13.2. The maximum Gasteiger partial charge on any atom is 0.171 e. The second-order valence-electron chi connectivity index (χ2n) is 12.8. The minimum atomic E-state index is -0.637. The van der Waals surface area contributed by atoms with Crippen molar-refractivity contribution in [1.29, 1.82) is 0 Å². The fraction of sp³-hybridized carbons (Fsp3) is 1.00. The Balaban J connectivity index is 1.24. The van der Waals surface area contributed by atoms with Gasteiger partial charge in [-0.3, -0.25) is 0 Å². The largest absolute Gasteiger partial charge is 0.389 e. The molecule has 7 fully saturated rings. The van der Waals surface area contributed by atoms with E-state index in [0.717, 1.165) is 44.3 Å². The minimum Gasteiger partial charge on any atom is -0.389 e. The minimum absolute atomic E-state index is 0.0598. The Morgan fingerprint density at radius 1 is 0.821 bits per heavy atom. The summed E-state index contributed by atoms with van der Waals surface area (Å²) in [5.41, 5.74) is 0.157. The van der Waals surface area contributed by atoms with Crippen LogP contribution in [-0.4, -0.2) is 41.9 Å². The molecule has 7 aliphatic rings. The van der Waals surface area contributed by atoms with E-state index in [4.69, 9.17) is 14.2 Å². The Morgan fingerprint density at radius 2 is 1.61 bits per heavy atom. The van der Waals surface area contributed by atoms with Crippen molar-refractivity contribution in [2.24, 2.45) is 33.5 Å². The zero-order chi connectivity index (χ0) is 19.2. The van der Waals surface area contributed by atoms with Crippen LogP contribution in [0.15, 0.2) is 0 Å². The SMILES string of the molecule is CC1(C)COC2(CC[C@]34C[C@]35[C@H]3C[C@@]6(C)[C@H](CC[C@H]6[C@@H]5CC[C@@]4(O)C2)O3)OC1. The van der Waals surface area contributed by atoms with E-state index in [1.54, 1.807) is 0 Å². The van der Waals surface area contributed by atoms with Crippen LogP contribution in [0.25, 0.3) is 0 Å². The molecule has 0 aromatic rings. The van der Waals surface area contributed by atoms with Gasteiger partial charge in [0, 0.05) is 29.1 Å². The summed E-state index contributed by atoms with van der Waals surface area (Å²) in [6, 6.07) is 0. The highest BCUT2D eigenvalue weighted by molar-refractivity contribution is 5.35. The van der Waals surface area contributed by atoms with Crippen molar-refractivity contribution in [3.8, 4) is 0 Å². The standard InChI is InChI=1S/C24H36O4/c1-19(2)13-26-23(27-14-19)9-8-21-11-24(21)16(6-7-22(21,25)12-23)15-4-5-17-20(15,3)10-18(24)28-17/h15-18,25H,4-14H2,1-3H3/t15-,16-,17-,18+,20+,21+,22+,24-/m0/s1. The van der Waals surface area contributed by atoms with Gasteiger partial charge in [-0.1, -0.05) is 20.8 Å². The predicted octanol–water partition coefficient (Wildman–Crippen LogP) is 4.04. The fourth-order valence-electron chi connectivity index (χ4n) is 9.73. The molecule has 0 aromatic carbocycles. The van der Waals surface area contributed by atoms with E-state index in [1.165, 1.54) is 32.1 Å². The topological polar surface area (TPSA) is 47.9 Å². The lowest BCUT2D eigenvalue weighted by atomic mass is 9.49. The zero-order valence-corrected chi connectivity index (χ0v) is 17.8. The van der Waals surface area contributed by atoms with Gasteiger partial charge in [0.15, 0.2) is 5.79 Å². The Labute approximate surface area is 168 Å². The van der Waals surface area contributed by atoms with Crippen LogP contribution in [0.4, 0.5) is 0 Å². The van der Waals surface area contributed by atoms with Crippen LogP contribution in [0.1, 0.15) is 78.6 Å². The molecule has 3 spiro atoms. The third-order valence-corrected chi connectivity index (χ3v) is 11.1. The molecule has 8 atom stereocenters. The second-order valence-corrected chi connectivity index (χ2v) is 12.8. The molecule has 5 aliphatic carbocycles. The lowest BCUT2D eigenvalue weighted by Gasteiger charge is -2.60. The Morgan fingerprint density at radius 3 is 2.39 bits per heavy atom. The molecule has 4 nitrogen and oxygen atoms in total. The van der Waals surface area contributed by atoms with E-state index in [9.17, 15) is 5.11 Å². The third-order valence-electron chi connectivity index (χ3n) is 11.1. The molecule has 2 heterocycles. The van der Waals surface area contributed by atoms with E-state index in [0.29, 0.717) is 24.0 Å². The summed E-state index contributed by atoms with van der Waals surface area (Å²) < 4.78 is 19.5. The van der Waals surface area contributed by atoms with Gasteiger partial charge in [0.25, 0.3) is 0 Å². The molecule has 4 heteroatoms. The molecule has 2 saturated heterocycles. The first kappa shape index (κ1) is 17.5. The molecule has 2 bridgehead atoms. The smallest absolute Gasteiger partial charge is 0.171 e. The molecule has 1 N–H and O–H groups in total. The van der Waals surface area contributed by atoms with E-state index < -0.39 is 11.4 Å². The first-order valence-corrected chi connectivity index (χ1v) is 11.8. The van der Waals surface area contributed by atoms with Gasteiger partial charge in [-0.15, -0.1) is 0 Å². The maximum absolute atomic E-state index is 12.1. The molecule has 2 aliphatic heterocycles. The van der Waals surface area contributed by atoms with Crippen LogP contribution >= 0.6 is 0 Å². The number of hydrogen-bond donors (Lipinski definition) is 1. The summed E-state index contributed by atoms with van der Waals surface area (Å²) in [6.45, 7) is 8.38. The Bertz CT molecular complexity index is 739. The van der Waals surface area contributed by atoms with E-state index in [-0.39, 0.29) is 16.2 Å². The molecule has 0 unspecified atom stereocenters. The van der Waals surface area contributed by atoms with Gasteiger partial charge in [-0.25, -0.2) is 0 Å². The summed E-state index contributed by atoms with van der Waals surface area (Å²) in [7, 11) is 0. The summed E-state index contributed by atoms with van der Waals surface area (Å²) in [4.78, 5) is 0. The molecule has 5 saturated carbocycles. The molecular formula is C24H36O4. The Kier molecular flexibility index (Phi) is 2.93. The van der Waals surface area contributed by atoms with Gasteiger partial charge < -0.3 is 19.3 Å². The van der Waals surface area contributed by atoms with Gasteiger partial charge in [0.2, 0.25) is 0 Å². The first-order valence-electron chi connectivity index (χ1n) is 11.8. The highest BCUT2D eigenvalue weighted by Gasteiger charge is 2.88. The number of ether oxygens (including phenoxy) is 3. The third kappa shape index (κ3) is 1.70. The summed E-state index contributed by atoms with van der Waals surface area (Å²) in [6.07, 6.45) is 10.7. The van der Waals surface area contributed by atoms with Crippen LogP contribution < -0.4 is 0 Å².